The van der Waals surface area contributed by atoms with E-state index in [-0.39, 0.29) is 0 Å². The minimum atomic E-state index is -0.575. The van der Waals surface area contributed by atoms with E-state index in [1.165, 1.54) is 38.5 Å². The summed E-state index contributed by atoms with van der Waals surface area (Å²) in [5, 5.41) is 9.52. The second-order valence-electron chi connectivity index (χ2n) is 5.91. The van der Waals surface area contributed by atoms with Crippen LogP contribution in [0.4, 0.5) is 0 Å². The maximum absolute atomic E-state index is 11.6. The number of carboxylic acids is 1. The Morgan fingerprint density at radius 2 is 1.26 bits per heavy atom. The molecule has 1 unspecified atom stereocenters. The highest BCUT2D eigenvalue weighted by Gasteiger charge is 2.34. The molecule has 0 spiro atoms. The van der Waals surface area contributed by atoms with E-state index in [0.29, 0.717) is 0 Å². The smallest absolute Gasteiger partial charge is 0.309 e. The van der Waals surface area contributed by atoms with Crippen molar-refractivity contribution >= 4 is 5.97 Å². The van der Waals surface area contributed by atoms with Gasteiger partial charge in [0.05, 0.1) is 5.41 Å². The number of rotatable bonds is 13. The van der Waals surface area contributed by atoms with Gasteiger partial charge in [0.25, 0.3) is 0 Å². The van der Waals surface area contributed by atoms with Crippen LogP contribution < -0.4 is 0 Å². The lowest BCUT2D eigenvalue weighted by Gasteiger charge is -2.28. The first kappa shape index (κ1) is 18.5. The molecule has 0 aliphatic heterocycles. The van der Waals surface area contributed by atoms with E-state index in [9.17, 15) is 9.90 Å². The van der Waals surface area contributed by atoms with Gasteiger partial charge in [-0.2, -0.15) is 0 Å². The van der Waals surface area contributed by atoms with Gasteiger partial charge in [-0.15, -0.1) is 0 Å². The fourth-order valence-corrected chi connectivity index (χ4v) is 2.78. The molecular formula is C17H34O2. The monoisotopic (exact) mass is 270 g/mol. The summed E-state index contributed by atoms with van der Waals surface area (Å²) in [6.45, 7) is 6.40. The van der Waals surface area contributed by atoms with Crippen molar-refractivity contribution in [2.24, 2.45) is 5.41 Å². The molecule has 0 heterocycles. The maximum Gasteiger partial charge on any atom is 0.309 e. The third-order valence-electron chi connectivity index (χ3n) is 4.40. The summed E-state index contributed by atoms with van der Waals surface area (Å²) in [6.07, 6.45) is 13.4. The van der Waals surface area contributed by atoms with E-state index in [2.05, 4.69) is 13.8 Å². The van der Waals surface area contributed by atoms with Crippen molar-refractivity contribution in [2.75, 3.05) is 0 Å². The molecule has 114 valence electrons. The fourth-order valence-electron chi connectivity index (χ4n) is 2.78. The lowest BCUT2D eigenvalue weighted by molar-refractivity contribution is -0.150. The Hall–Kier alpha value is -0.530. The predicted octanol–water partition coefficient (Wildman–Crippen LogP) is 5.80. The lowest BCUT2D eigenvalue weighted by Crippen LogP contribution is -2.30. The van der Waals surface area contributed by atoms with Crippen LogP contribution in [-0.4, -0.2) is 11.1 Å². The number of carboxylic acid groups (broad SMARTS) is 1. The first-order chi connectivity index (χ1) is 9.13. The van der Waals surface area contributed by atoms with E-state index in [1.807, 2.05) is 6.92 Å². The van der Waals surface area contributed by atoms with Crippen LogP contribution in [0.3, 0.4) is 0 Å². The highest BCUT2D eigenvalue weighted by atomic mass is 16.4. The third-order valence-corrected chi connectivity index (χ3v) is 4.40. The van der Waals surface area contributed by atoms with Gasteiger partial charge in [0.15, 0.2) is 0 Å². The molecule has 2 heteroatoms. The number of hydrogen-bond donors (Lipinski definition) is 1. The summed E-state index contributed by atoms with van der Waals surface area (Å²) >= 11 is 0. The fraction of sp³-hybridized carbons (Fsp3) is 0.941. The van der Waals surface area contributed by atoms with E-state index in [1.54, 1.807) is 0 Å². The summed E-state index contributed by atoms with van der Waals surface area (Å²) in [5.41, 5.74) is -0.445. The molecule has 0 amide bonds. The average Bonchev–Trinajstić information content (AvgIpc) is 2.41. The van der Waals surface area contributed by atoms with Gasteiger partial charge in [-0.25, -0.2) is 0 Å². The topological polar surface area (TPSA) is 37.3 Å². The summed E-state index contributed by atoms with van der Waals surface area (Å²) in [4.78, 5) is 11.6. The second kappa shape index (κ2) is 11.3. The van der Waals surface area contributed by atoms with Crippen LogP contribution in [0.2, 0.25) is 0 Å². The van der Waals surface area contributed by atoms with Crippen LogP contribution in [-0.2, 0) is 4.79 Å². The van der Waals surface area contributed by atoms with Crippen LogP contribution in [0.15, 0.2) is 0 Å². The van der Waals surface area contributed by atoms with Crippen molar-refractivity contribution < 1.29 is 9.90 Å². The van der Waals surface area contributed by atoms with Gasteiger partial charge in [-0.3, -0.25) is 4.79 Å². The Labute approximate surface area is 120 Å². The number of aliphatic carboxylic acids is 1. The van der Waals surface area contributed by atoms with Gasteiger partial charge in [-0.1, -0.05) is 78.6 Å². The Balaban J connectivity index is 3.95. The molecule has 0 saturated carbocycles. The van der Waals surface area contributed by atoms with Crippen molar-refractivity contribution in [3.8, 4) is 0 Å². The molecule has 0 bridgehead atoms. The second-order valence-corrected chi connectivity index (χ2v) is 5.91. The highest BCUT2D eigenvalue weighted by molar-refractivity contribution is 5.74. The van der Waals surface area contributed by atoms with Gasteiger partial charge in [0.2, 0.25) is 0 Å². The van der Waals surface area contributed by atoms with Crippen molar-refractivity contribution in [1.29, 1.82) is 0 Å². The number of hydrogen-bond acceptors (Lipinski definition) is 1. The molecule has 0 fully saturated rings. The molecule has 0 radical (unpaired) electrons. The minimum absolute atomic E-state index is 0.445. The van der Waals surface area contributed by atoms with E-state index in [4.69, 9.17) is 0 Å². The van der Waals surface area contributed by atoms with E-state index >= 15 is 0 Å². The minimum Gasteiger partial charge on any atom is -0.481 e. The van der Waals surface area contributed by atoms with Gasteiger partial charge in [0, 0.05) is 0 Å². The molecule has 0 aliphatic carbocycles. The molecule has 0 aromatic heterocycles. The summed E-state index contributed by atoms with van der Waals surface area (Å²) in [7, 11) is 0. The predicted molar refractivity (Wildman–Crippen MR) is 82.5 cm³/mol. The maximum atomic E-state index is 11.6. The Morgan fingerprint density at radius 1 is 0.789 bits per heavy atom. The largest absolute Gasteiger partial charge is 0.481 e. The summed E-state index contributed by atoms with van der Waals surface area (Å²) < 4.78 is 0. The zero-order valence-corrected chi connectivity index (χ0v) is 13.3. The van der Waals surface area contributed by atoms with Crippen molar-refractivity contribution in [3.63, 3.8) is 0 Å². The van der Waals surface area contributed by atoms with Crippen LogP contribution in [0.1, 0.15) is 97.8 Å². The molecule has 0 aromatic rings. The Kier molecular flexibility index (Phi) is 11.0. The average molecular weight is 270 g/mol. The SMILES string of the molecule is CCCCCCCCCC(CC)(CCCC)C(=O)O. The lowest BCUT2D eigenvalue weighted by atomic mass is 9.76. The third kappa shape index (κ3) is 7.59. The van der Waals surface area contributed by atoms with Gasteiger partial charge < -0.3 is 5.11 Å². The molecule has 1 atom stereocenters. The van der Waals surface area contributed by atoms with Crippen LogP contribution in [0.5, 0.6) is 0 Å². The van der Waals surface area contributed by atoms with Crippen LogP contribution in [0, 0.1) is 5.41 Å². The van der Waals surface area contributed by atoms with Crippen molar-refractivity contribution in [1.82, 2.24) is 0 Å². The van der Waals surface area contributed by atoms with Crippen LogP contribution in [0.25, 0.3) is 0 Å². The van der Waals surface area contributed by atoms with Crippen molar-refractivity contribution in [3.05, 3.63) is 0 Å². The first-order valence-corrected chi connectivity index (χ1v) is 8.36. The summed E-state index contributed by atoms with van der Waals surface area (Å²) in [6, 6.07) is 0. The first-order valence-electron chi connectivity index (χ1n) is 8.36. The molecule has 1 N–H and O–H groups in total. The Morgan fingerprint density at radius 3 is 1.74 bits per heavy atom. The molecule has 0 aromatic carbocycles. The van der Waals surface area contributed by atoms with E-state index in [0.717, 1.165) is 38.5 Å². The zero-order valence-electron chi connectivity index (χ0n) is 13.3. The van der Waals surface area contributed by atoms with Gasteiger partial charge >= 0.3 is 5.97 Å². The molecule has 19 heavy (non-hydrogen) atoms. The van der Waals surface area contributed by atoms with Crippen LogP contribution >= 0.6 is 0 Å². The van der Waals surface area contributed by atoms with E-state index < -0.39 is 11.4 Å². The molecular weight excluding hydrogens is 236 g/mol. The highest BCUT2D eigenvalue weighted by Crippen LogP contribution is 2.35. The normalized spacial score (nSPS) is 14.3. The number of carbonyl (C=O) groups is 1. The zero-order chi connectivity index (χ0) is 14.6. The van der Waals surface area contributed by atoms with Crippen molar-refractivity contribution in [2.45, 2.75) is 97.8 Å². The molecule has 0 aliphatic rings. The summed E-state index contributed by atoms with van der Waals surface area (Å²) in [5.74, 6) is -0.575. The Bertz CT molecular complexity index is 225. The molecule has 0 rings (SSSR count). The van der Waals surface area contributed by atoms with Gasteiger partial charge in [-0.05, 0) is 19.3 Å². The standard InChI is InChI=1S/C17H34O2/c1-4-7-9-10-11-12-13-15-17(6-3,16(18)19)14-8-5-2/h4-15H2,1-3H3,(H,18,19). The molecule has 0 saturated heterocycles. The van der Waals surface area contributed by atoms with Gasteiger partial charge in [0.1, 0.15) is 0 Å². The number of unbranched alkanes of at least 4 members (excludes halogenated alkanes) is 7. The molecule has 2 nitrogen and oxygen atoms in total. The quantitative estimate of drug-likeness (QED) is 0.429.